The summed E-state index contributed by atoms with van der Waals surface area (Å²) in [6.45, 7) is 14.5. The first-order chi connectivity index (χ1) is 8.04. The van der Waals surface area contributed by atoms with Crippen molar-refractivity contribution in [3.63, 3.8) is 0 Å². The maximum absolute atomic E-state index is 11.8. The predicted octanol–water partition coefficient (Wildman–Crippen LogP) is 4.10. The van der Waals surface area contributed by atoms with Crippen LogP contribution in [0, 0.1) is 11.3 Å². The van der Waals surface area contributed by atoms with Gasteiger partial charge in [0.15, 0.2) is 0 Å². The van der Waals surface area contributed by atoms with Gasteiger partial charge in [-0.1, -0.05) is 54.4 Å². The summed E-state index contributed by atoms with van der Waals surface area (Å²) in [5.41, 5.74) is 0.522. The molecule has 0 bridgehead atoms. The lowest BCUT2D eigenvalue weighted by molar-refractivity contribution is -0.136. The normalized spacial score (nSPS) is 18.6. The largest absolute Gasteiger partial charge is 0.342 e. The minimum atomic E-state index is 0.153. The van der Waals surface area contributed by atoms with Crippen LogP contribution >= 0.6 is 0 Å². The van der Waals surface area contributed by atoms with Crippen LogP contribution in [0.15, 0.2) is 0 Å². The van der Waals surface area contributed by atoms with Gasteiger partial charge in [0, 0.05) is 19.0 Å². The topological polar surface area (TPSA) is 20.3 Å². The van der Waals surface area contributed by atoms with E-state index in [-0.39, 0.29) is 5.92 Å². The third kappa shape index (κ3) is 4.33. The van der Waals surface area contributed by atoms with Crippen molar-refractivity contribution in [1.29, 1.82) is 0 Å². The molecule has 1 amide bonds. The molecule has 0 aromatic carbocycles. The van der Waals surface area contributed by atoms with Crippen LogP contribution in [-0.2, 0) is 4.79 Å². The molecular formula is C15H31NO. The Hall–Kier alpha value is -0.530. The van der Waals surface area contributed by atoms with Crippen LogP contribution in [-0.4, -0.2) is 23.9 Å². The summed E-state index contributed by atoms with van der Waals surface area (Å²) in [6, 6.07) is 0. The lowest BCUT2D eigenvalue weighted by atomic mass is 9.74. The molecule has 0 unspecified atom stereocenters. The van der Waals surface area contributed by atoms with Gasteiger partial charge in [0.05, 0.1) is 0 Å². The summed E-state index contributed by atoms with van der Waals surface area (Å²) < 4.78 is 0. The first kappa shape index (κ1) is 16.5. The number of hydrogen-bond donors (Lipinski definition) is 0. The number of carbonyl (C=O) groups is 1. The highest BCUT2D eigenvalue weighted by Crippen LogP contribution is 2.38. The van der Waals surface area contributed by atoms with Crippen LogP contribution in [0.25, 0.3) is 0 Å². The predicted molar refractivity (Wildman–Crippen MR) is 75.0 cm³/mol. The zero-order chi connectivity index (χ0) is 13.5. The Morgan fingerprint density at radius 3 is 1.82 bits per heavy atom. The molecule has 0 aliphatic carbocycles. The van der Waals surface area contributed by atoms with Gasteiger partial charge in [-0.3, -0.25) is 4.79 Å². The van der Waals surface area contributed by atoms with E-state index in [1.54, 1.807) is 0 Å². The van der Waals surface area contributed by atoms with Gasteiger partial charge in [0.2, 0.25) is 5.91 Å². The van der Waals surface area contributed by atoms with Crippen molar-refractivity contribution in [1.82, 2.24) is 4.90 Å². The second kappa shape index (κ2) is 7.73. The maximum Gasteiger partial charge on any atom is 0.225 e. The molecule has 2 nitrogen and oxygen atoms in total. The molecule has 1 rings (SSSR count). The third-order valence-electron chi connectivity index (χ3n) is 4.13. The van der Waals surface area contributed by atoms with Crippen LogP contribution in [0.3, 0.4) is 0 Å². The van der Waals surface area contributed by atoms with Gasteiger partial charge in [-0.15, -0.1) is 0 Å². The van der Waals surface area contributed by atoms with Gasteiger partial charge in [0.25, 0.3) is 0 Å². The number of rotatable bonds is 3. The Morgan fingerprint density at radius 2 is 1.53 bits per heavy atom. The Balaban J connectivity index is 0.00000121. The number of carbonyl (C=O) groups excluding carboxylic acids is 1. The number of hydrogen-bond acceptors (Lipinski definition) is 1. The smallest absolute Gasteiger partial charge is 0.225 e. The molecule has 1 saturated heterocycles. The molecule has 2 heteroatoms. The van der Waals surface area contributed by atoms with Crippen molar-refractivity contribution in [3.8, 4) is 0 Å². The Labute approximate surface area is 108 Å². The molecule has 17 heavy (non-hydrogen) atoms. The van der Waals surface area contributed by atoms with Crippen molar-refractivity contribution in [2.45, 2.75) is 67.2 Å². The van der Waals surface area contributed by atoms with Gasteiger partial charge in [-0.25, -0.2) is 0 Å². The number of likely N-dealkylation sites (tertiary alicyclic amines) is 1. The molecule has 0 spiro atoms. The van der Waals surface area contributed by atoms with E-state index in [0.717, 1.165) is 13.1 Å². The van der Waals surface area contributed by atoms with Crippen molar-refractivity contribution in [2.75, 3.05) is 13.1 Å². The lowest BCUT2D eigenvalue weighted by Crippen LogP contribution is -2.44. The zero-order valence-electron chi connectivity index (χ0n) is 12.7. The Kier molecular flexibility index (Phi) is 7.49. The van der Waals surface area contributed by atoms with E-state index in [9.17, 15) is 4.79 Å². The highest BCUT2D eigenvalue weighted by atomic mass is 16.2. The highest BCUT2D eigenvalue weighted by molar-refractivity contribution is 5.78. The van der Waals surface area contributed by atoms with E-state index >= 15 is 0 Å². The summed E-state index contributed by atoms with van der Waals surface area (Å²) in [7, 11) is 0. The van der Waals surface area contributed by atoms with Gasteiger partial charge in [-0.05, 0) is 18.3 Å². The van der Waals surface area contributed by atoms with E-state index in [2.05, 4.69) is 13.8 Å². The molecular weight excluding hydrogens is 210 g/mol. The lowest BCUT2D eigenvalue weighted by Gasteiger charge is -2.41. The van der Waals surface area contributed by atoms with E-state index in [1.165, 1.54) is 25.7 Å². The third-order valence-corrected chi connectivity index (χ3v) is 4.13. The van der Waals surface area contributed by atoms with Gasteiger partial charge < -0.3 is 4.90 Å². The number of piperidine rings is 1. The number of nitrogens with zero attached hydrogens (tertiary/aromatic N) is 1. The molecule has 0 aromatic heterocycles. The summed E-state index contributed by atoms with van der Waals surface area (Å²) in [6.07, 6.45) is 4.90. The fourth-order valence-electron chi connectivity index (χ4n) is 2.52. The fraction of sp³-hybridized carbons (Fsp3) is 0.933. The van der Waals surface area contributed by atoms with Crippen molar-refractivity contribution in [2.24, 2.45) is 11.3 Å². The van der Waals surface area contributed by atoms with E-state index < -0.39 is 0 Å². The average Bonchev–Trinajstić information content (AvgIpc) is 2.40. The molecule has 0 saturated carbocycles. The van der Waals surface area contributed by atoms with E-state index in [0.29, 0.717) is 11.3 Å². The first-order valence-electron chi connectivity index (χ1n) is 7.33. The summed E-state index contributed by atoms with van der Waals surface area (Å²) >= 11 is 0. The SMILES string of the molecule is CC.CCC1(CC)CCN(C(=O)C(C)C)CC1. The van der Waals surface area contributed by atoms with Crippen LogP contribution < -0.4 is 0 Å². The Bertz CT molecular complexity index is 209. The quantitative estimate of drug-likeness (QED) is 0.728. The zero-order valence-corrected chi connectivity index (χ0v) is 12.7. The summed E-state index contributed by atoms with van der Waals surface area (Å²) in [4.78, 5) is 13.9. The van der Waals surface area contributed by atoms with Crippen LogP contribution in [0.2, 0.25) is 0 Å². The molecule has 1 fully saturated rings. The van der Waals surface area contributed by atoms with Gasteiger partial charge >= 0.3 is 0 Å². The Morgan fingerprint density at radius 1 is 1.12 bits per heavy atom. The molecule has 0 radical (unpaired) electrons. The molecule has 1 aliphatic rings. The van der Waals surface area contributed by atoms with Gasteiger partial charge in [-0.2, -0.15) is 0 Å². The van der Waals surface area contributed by atoms with Crippen LogP contribution in [0.5, 0.6) is 0 Å². The molecule has 102 valence electrons. The standard InChI is InChI=1S/C13H25NO.C2H6/c1-5-13(6-2)7-9-14(10-8-13)12(15)11(3)4;1-2/h11H,5-10H2,1-4H3;1-2H3. The van der Waals surface area contributed by atoms with Crippen molar-refractivity contribution >= 4 is 5.91 Å². The molecule has 0 atom stereocenters. The fourth-order valence-corrected chi connectivity index (χ4v) is 2.52. The molecule has 1 heterocycles. The second-order valence-electron chi connectivity index (χ2n) is 5.19. The van der Waals surface area contributed by atoms with Crippen LogP contribution in [0.1, 0.15) is 67.2 Å². The monoisotopic (exact) mass is 241 g/mol. The van der Waals surface area contributed by atoms with Crippen LogP contribution in [0.4, 0.5) is 0 Å². The molecule has 0 N–H and O–H groups in total. The van der Waals surface area contributed by atoms with Crippen molar-refractivity contribution < 1.29 is 4.79 Å². The minimum absolute atomic E-state index is 0.153. The molecule has 1 aliphatic heterocycles. The van der Waals surface area contributed by atoms with Crippen molar-refractivity contribution in [3.05, 3.63) is 0 Å². The highest BCUT2D eigenvalue weighted by Gasteiger charge is 2.33. The minimum Gasteiger partial charge on any atom is -0.342 e. The maximum atomic E-state index is 11.8. The van der Waals surface area contributed by atoms with E-state index in [1.807, 2.05) is 32.6 Å². The second-order valence-corrected chi connectivity index (χ2v) is 5.19. The summed E-state index contributed by atoms with van der Waals surface area (Å²) in [5, 5.41) is 0. The average molecular weight is 241 g/mol. The first-order valence-corrected chi connectivity index (χ1v) is 7.33. The van der Waals surface area contributed by atoms with E-state index in [4.69, 9.17) is 0 Å². The molecule has 0 aromatic rings. The summed E-state index contributed by atoms with van der Waals surface area (Å²) in [5.74, 6) is 0.483. The number of amides is 1. The van der Waals surface area contributed by atoms with Gasteiger partial charge in [0.1, 0.15) is 0 Å².